The molecule has 0 saturated heterocycles. The first-order valence-corrected chi connectivity index (χ1v) is 5.63. The number of rotatable bonds is 1. The fourth-order valence-electron chi connectivity index (χ4n) is 2.55. The van der Waals surface area contributed by atoms with Crippen LogP contribution in [0.25, 0.3) is 0 Å². The molecular weight excluding hydrogens is 196 g/mol. The van der Waals surface area contributed by atoms with E-state index in [1.807, 2.05) is 42.5 Å². The van der Waals surface area contributed by atoms with Gasteiger partial charge in [0.15, 0.2) is 0 Å². The van der Waals surface area contributed by atoms with Gasteiger partial charge in [-0.3, -0.25) is 0 Å². The molecular formula is C15H14O. The second-order valence-electron chi connectivity index (χ2n) is 4.52. The molecule has 0 bridgehead atoms. The van der Waals surface area contributed by atoms with Gasteiger partial charge in [-0.05, 0) is 16.7 Å². The molecule has 3 rings (SSSR count). The standard InChI is InChI=1S/C15H14O/c16-15(14-8-2-1-3-9-14)10-12-6-4-5-7-13(12)11-15/h1-9,16H,10-11H2. The molecule has 0 aromatic heterocycles. The van der Waals surface area contributed by atoms with Crippen LogP contribution in [0.15, 0.2) is 54.6 Å². The largest absolute Gasteiger partial charge is 0.384 e. The van der Waals surface area contributed by atoms with Crippen LogP contribution in [0.2, 0.25) is 0 Å². The minimum atomic E-state index is -0.703. The monoisotopic (exact) mass is 210 g/mol. The van der Waals surface area contributed by atoms with Gasteiger partial charge in [-0.25, -0.2) is 0 Å². The highest BCUT2D eigenvalue weighted by Gasteiger charge is 2.36. The summed E-state index contributed by atoms with van der Waals surface area (Å²) in [7, 11) is 0. The average Bonchev–Trinajstić information content (AvgIpc) is 2.68. The van der Waals surface area contributed by atoms with Gasteiger partial charge in [0.1, 0.15) is 0 Å². The van der Waals surface area contributed by atoms with Crippen molar-refractivity contribution >= 4 is 0 Å². The Labute approximate surface area is 95.4 Å². The molecule has 0 radical (unpaired) electrons. The van der Waals surface area contributed by atoms with Crippen LogP contribution in [0.4, 0.5) is 0 Å². The van der Waals surface area contributed by atoms with E-state index in [1.54, 1.807) is 0 Å². The molecule has 1 N–H and O–H groups in total. The van der Waals surface area contributed by atoms with Gasteiger partial charge < -0.3 is 5.11 Å². The molecule has 0 atom stereocenters. The van der Waals surface area contributed by atoms with E-state index in [2.05, 4.69) is 12.1 Å². The van der Waals surface area contributed by atoms with E-state index in [4.69, 9.17) is 0 Å². The Morgan fingerprint density at radius 3 is 1.81 bits per heavy atom. The summed E-state index contributed by atoms with van der Waals surface area (Å²) in [6, 6.07) is 18.2. The molecule has 2 aromatic rings. The summed E-state index contributed by atoms with van der Waals surface area (Å²) in [5.41, 5.74) is 2.86. The molecule has 80 valence electrons. The predicted octanol–water partition coefficient (Wildman–Crippen LogP) is 2.67. The van der Waals surface area contributed by atoms with Crippen molar-refractivity contribution in [1.29, 1.82) is 0 Å². The van der Waals surface area contributed by atoms with Crippen LogP contribution in [-0.2, 0) is 18.4 Å². The van der Waals surface area contributed by atoms with Crippen LogP contribution in [0.5, 0.6) is 0 Å². The summed E-state index contributed by atoms with van der Waals surface area (Å²) in [4.78, 5) is 0. The Hall–Kier alpha value is -1.60. The third-order valence-electron chi connectivity index (χ3n) is 3.40. The molecule has 0 saturated carbocycles. The van der Waals surface area contributed by atoms with Crippen LogP contribution in [0.3, 0.4) is 0 Å². The first kappa shape index (κ1) is 9.61. The second-order valence-corrected chi connectivity index (χ2v) is 4.52. The lowest BCUT2D eigenvalue weighted by Crippen LogP contribution is -2.25. The number of fused-ring (bicyclic) bond motifs is 1. The molecule has 1 aliphatic rings. The summed E-state index contributed by atoms with van der Waals surface area (Å²) in [6.07, 6.45) is 1.46. The van der Waals surface area contributed by atoms with Crippen LogP contribution >= 0.6 is 0 Å². The van der Waals surface area contributed by atoms with Gasteiger partial charge in [0.25, 0.3) is 0 Å². The normalized spacial score (nSPS) is 17.1. The highest BCUT2D eigenvalue weighted by Crippen LogP contribution is 2.37. The third-order valence-corrected chi connectivity index (χ3v) is 3.40. The molecule has 1 heteroatoms. The van der Waals surface area contributed by atoms with Crippen LogP contribution in [0, 0.1) is 0 Å². The highest BCUT2D eigenvalue weighted by atomic mass is 16.3. The Morgan fingerprint density at radius 1 is 0.750 bits per heavy atom. The Kier molecular flexibility index (Phi) is 2.08. The van der Waals surface area contributed by atoms with Gasteiger partial charge in [0.2, 0.25) is 0 Å². The molecule has 0 fully saturated rings. The zero-order valence-electron chi connectivity index (χ0n) is 9.06. The van der Waals surface area contributed by atoms with E-state index in [9.17, 15) is 5.11 Å². The molecule has 0 spiro atoms. The SMILES string of the molecule is OC1(c2ccccc2)Cc2ccccc2C1. The van der Waals surface area contributed by atoms with Crippen molar-refractivity contribution in [2.24, 2.45) is 0 Å². The topological polar surface area (TPSA) is 20.2 Å². The average molecular weight is 210 g/mol. The fraction of sp³-hybridized carbons (Fsp3) is 0.200. The third kappa shape index (κ3) is 1.44. The summed E-state index contributed by atoms with van der Waals surface area (Å²) in [5.74, 6) is 0. The van der Waals surface area contributed by atoms with E-state index in [1.165, 1.54) is 11.1 Å². The molecule has 2 aromatic carbocycles. The summed E-state index contributed by atoms with van der Waals surface area (Å²) in [6.45, 7) is 0. The maximum atomic E-state index is 10.7. The summed E-state index contributed by atoms with van der Waals surface area (Å²) < 4.78 is 0. The molecule has 0 unspecified atom stereocenters. The lowest BCUT2D eigenvalue weighted by atomic mass is 9.91. The Balaban J connectivity index is 2.01. The molecule has 0 heterocycles. The van der Waals surface area contributed by atoms with Crippen molar-refractivity contribution in [1.82, 2.24) is 0 Å². The lowest BCUT2D eigenvalue weighted by molar-refractivity contribution is 0.0482. The van der Waals surface area contributed by atoms with E-state index in [-0.39, 0.29) is 0 Å². The maximum absolute atomic E-state index is 10.7. The molecule has 1 aliphatic carbocycles. The highest BCUT2D eigenvalue weighted by molar-refractivity contribution is 5.39. The van der Waals surface area contributed by atoms with Gasteiger partial charge >= 0.3 is 0 Å². The zero-order chi connectivity index (χ0) is 11.0. The smallest absolute Gasteiger partial charge is 0.0977 e. The first-order valence-electron chi connectivity index (χ1n) is 5.63. The van der Waals surface area contributed by atoms with Crippen LogP contribution in [0.1, 0.15) is 16.7 Å². The van der Waals surface area contributed by atoms with Gasteiger partial charge in [-0.2, -0.15) is 0 Å². The van der Waals surface area contributed by atoms with Crippen molar-refractivity contribution in [3.8, 4) is 0 Å². The van der Waals surface area contributed by atoms with E-state index >= 15 is 0 Å². The van der Waals surface area contributed by atoms with Crippen molar-refractivity contribution in [2.75, 3.05) is 0 Å². The minimum absolute atomic E-state index is 0.703. The molecule has 1 nitrogen and oxygen atoms in total. The number of benzene rings is 2. The molecule has 0 amide bonds. The van der Waals surface area contributed by atoms with Gasteiger partial charge in [-0.15, -0.1) is 0 Å². The van der Waals surface area contributed by atoms with E-state index < -0.39 is 5.60 Å². The van der Waals surface area contributed by atoms with Crippen LogP contribution in [-0.4, -0.2) is 5.11 Å². The Morgan fingerprint density at radius 2 is 1.25 bits per heavy atom. The van der Waals surface area contributed by atoms with Gasteiger partial charge in [0, 0.05) is 12.8 Å². The zero-order valence-corrected chi connectivity index (χ0v) is 9.06. The number of aliphatic hydroxyl groups is 1. The Bertz CT molecular complexity index is 477. The number of hydrogen-bond acceptors (Lipinski definition) is 1. The van der Waals surface area contributed by atoms with Gasteiger partial charge in [0.05, 0.1) is 5.60 Å². The maximum Gasteiger partial charge on any atom is 0.0977 e. The van der Waals surface area contributed by atoms with Crippen molar-refractivity contribution in [3.63, 3.8) is 0 Å². The minimum Gasteiger partial charge on any atom is -0.384 e. The predicted molar refractivity (Wildman–Crippen MR) is 64.2 cm³/mol. The van der Waals surface area contributed by atoms with E-state index in [0.29, 0.717) is 0 Å². The van der Waals surface area contributed by atoms with Crippen molar-refractivity contribution in [3.05, 3.63) is 71.3 Å². The van der Waals surface area contributed by atoms with Crippen molar-refractivity contribution in [2.45, 2.75) is 18.4 Å². The second kappa shape index (κ2) is 3.46. The van der Waals surface area contributed by atoms with Gasteiger partial charge in [-0.1, -0.05) is 54.6 Å². The van der Waals surface area contributed by atoms with E-state index in [0.717, 1.165) is 18.4 Å². The summed E-state index contributed by atoms with van der Waals surface area (Å²) in [5, 5.41) is 10.7. The quantitative estimate of drug-likeness (QED) is 0.767. The molecule has 16 heavy (non-hydrogen) atoms. The lowest BCUT2D eigenvalue weighted by Gasteiger charge is -2.22. The molecule has 0 aliphatic heterocycles. The van der Waals surface area contributed by atoms with Crippen molar-refractivity contribution < 1.29 is 5.11 Å². The summed E-state index contributed by atoms with van der Waals surface area (Å²) >= 11 is 0. The number of hydrogen-bond donors (Lipinski definition) is 1. The van der Waals surface area contributed by atoms with Crippen LogP contribution < -0.4 is 0 Å². The fourth-order valence-corrected chi connectivity index (χ4v) is 2.55. The first-order chi connectivity index (χ1) is 7.78.